The van der Waals surface area contributed by atoms with Crippen molar-refractivity contribution < 1.29 is 17.0 Å². The van der Waals surface area contributed by atoms with Crippen LogP contribution in [0.4, 0.5) is 4.39 Å². The zero-order chi connectivity index (χ0) is 14.0. The predicted molar refractivity (Wildman–Crippen MR) is 78.4 cm³/mol. The highest BCUT2D eigenvalue weighted by Gasteiger charge is 2.20. The third-order valence-corrected chi connectivity index (χ3v) is 4.57. The van der Waals surface area contributed by atoms with Gasteiger partial charge in [-0.05, 0) is 59.0 Å². The van der Waals surface area contributed by atoms with E-state index >= 15 is 0 Å². The second-order valence-electron chi connectivity index (χ2n) is 3.57. The Labute approximate surface area is 128 Å². The predicted octanol–water partition coefficient (Wildman–Crippen LogP) is 3.85. The molecule has 0 amide bonds. The van der Waals surface area contributed by atoms with E-state index in [1.54, 1.807) is 18.2 Å². The average Bonchev–Trinajstić information content (AvgIpc) is 2.27. The lowest BCUT2D eigenvalue weighted by molar-refractivity contribution is 0.485. The van der Waals surface area contributed by atoms with Crippen molar-refractivity contribution in [1.82, 2.24) is 0 Å². The molecule has 0 aliphatic rings. The summed E-state index contributed by atoms with van der Waals surface area (Å²) in [6.07, 6.45) is 0. The van der Waals surface area contributed by atoms with E-state index < -0.39 is 15.9 Å². The number of hydrogen-bond acceptors (Lipinski definition) is 3. The number of rotatable bonds is 3. The van der Waals surface area contributed by atoms with Crippen LogP contribution in [-0.2, 0) is 10.1 Å². The summed E-state index contributed by atoms with van der Waals surface area (Å²) in [5.41, 5.74) is 0. The van der Waals surface area contributed by atoms with Crippen molar-refractivity contribution in [1.29, 1.82) is 0 Å². The third kappa shape index (κ3) is 3.58. The van der Waals surface area contributed by atoms with Crippen molar-refractivity contribution in [2.45, 2.75) is 4.90 Å². The van der Waals surface area contributed by atoms with Crippen molar-refractivity contribution >= 4 is 44.3 Å². The molecule has 0 heterocycles. The van der Waals surface area contributed by atoms with Crippen molar-refractivity contribution in [2.75, 3.05) is 0 Å². The molecule has 3 nitrogen and oxygen atoms in total. The monoisotopic (exact) mass is 412 g/mol. The smallest absolute Gasteiger partial charge is 0.340 e. The first-order valence-electron chi connectivity index (χ1n) is 5.03. The lowest BCUT2D eigenvalue weighted by Crippen LogP contribution is -2.10. The van der Waals surface area contributed by atoms with E-state index in [1.807, 2.05) is 22.6 Å². The zero-order valence-electron chi connectivity index (χ0n) is 9.31. The Morgan fingerprint density at radius 1 is 1.16 bits per heavy atom. The minimum absolute atomic E-state index is 0.173. The molecule has 0 spiro atoms. The van der Waals surface area contributed by atoms with Gasteiger partial charge in [0.05, 0.1) is 5.02 Å². The molecule has 0 bridgehead atoms. The van der Waals surface area contributed by atoms with Gasteiger partial charge in [0.15, 0.2) is 0 Å². The summed E-state index contributed by atoms with van der Waals surface area (Å²) in [7, 11) is -4.08. The maximum atomic E-state index is 12.9. The highest BCUT2D eigenvalue weighted by Crippen LogP contribution is 2.26. The molecule has 0 aromatic heterocycles. The fraction of sp³-hybridized carbons (Fsp3) is 0. The molecule has 0 fully saturated rings. The van der Waals surface area contributed by atoms with E-state index in [9.17, 15) is 12.8 Å². The van der Waals surface area contributed by atoms with E-state index in [1.165, 1.54) is 6.07 Å². The quantitative estimate of drug-likeness (QED) is 0.568. The molecule has 0 N–H and O–H groups in total. The molecule has 19 heavy (non-hydrogen) atoms. The molecule has 100 valence electrons. The summed E-state index contributed by atoms with van der Waals surface area (Å²) in [5, 5.41) is -0.217. The SMILES string of the molecule is O=S(=O)(Oc1cccc(I)c1)c1ccc(F)cc1Cl. The zero-order valence-corrected chi connectivity index (χ0v) is 13.0. The maximum Gasteiger partial charge on any atom is 0.340 e. The van der Waals surface area contributed by atoms with Crippen LogP contribution in [0.3, 0.4) is 0 Å². The van der Waals surface area contributed by atoms with Gasteiger partial charge in [0.1, 0.15) is 16.5 Å². The van der Waals surface area contributed by atoms with Gasteiger partial charge >= 0.3 is 10.1 Å². The molecule has 2 rings (SSSR count). The van der Waals surface area contributed by atoms with Crippen LogP contribution >= 0.6 is 34.2 Å². The van der Waals surface area contributed by atoms with Crippen LogP contribution in [0, 0.1) is 9.39 Å². The molecule has 0 radical (unpaired) electrons. The van der Waals surface area contributed by atoms with E-state index in [2.05, 4.69) is 0 Å². The second kappa shape index (κ2) is 5.64. The standard InChI is InChI=1S/C12H7ClFIO3S/c13-11-6-8(14)4-5-12(11)19(16,17)18-10-3-1-2-9(15)7-10/h1-7H. The topological polar surface area (TPSA) is 43.4 Å². The fourth-order valence-corrected chi connectivity index (χ4v) is 3.31. The molecule has 2 aromatic carbocycles. The van der Waals surface area contributed by atoms with Crippen LogP contribution in [-0.4, -0.2) is 8.42 Å². The molecular formula is C12H7ClFIO3S. The van der Waals surface area contributed by atoms with Crippen LogP contribution in [0.25, 0.3) is 0 Å². The molecule has 0 saturated carbocycles. The van der Waals surface area contributed by atoms with Crippen molar-refractivity contribution in [3.63, 3.8) is 0 Å². The Hall–Kier alpha value is -0.860. The third-order valence-electron chi connectivity index (χ3n) is 2.17. The van der Waals surface area contributed by atoms with Gasteiger partial charge in [-0.3, -0.25) is 0 Å². The van der Waals surface area contributed by atoms with Crippen LogP contribution in [0.1, 0.15) is 0 Å². The van der Waals surface area contributed by atoms with Crippen molar-refractivity contribution in [3.05, 3.63) is 56.9 Å². The first-order valence-corrected chi connectivity index (χ1v) is 7.90. The average molecular weight is 413 g/mol. The summed E-state index contributed by atoms with van der Waals surface area (Å²) >= 11 is 7.74. The molecule has 0 aliphatic heterocycles. The lowest BCUT2D eigenvalue weighted by atomic mass is 10.3. The molecule has 0 unspecified atom stereocenters. The molecule has 2 aromatic rings. The molecule has 0 saturated heterocycles. The molecular weight excluding hydrogens is 406 g/mol. The number of halogens is 3. The van der Waals surface area contributed by atoms with Gasteiger partial charge in [-0.1, -0.05) is 17.7 Å². The minimum atomic E-state index is -4.08. The van der Waals surface area contributed by atoms with Crippen LogP contribution in [0.15, 0.2) is 47.4 Å². The number of hydrogen-bond donors (Lipinski definition) is 0. The first-order chi connectivity index (χ1) is 8.88. The summed E-state index contributed by atoms with van der Waals surface area (Å²) in [5.74, 6) is -0.439. The largest absolute Gasteiger partial charge is 0.379 e. The molecule has 7 heteroatoms. The van der Waals surface area contributed by atoms with Gasteiger partial charge in [-0.2, -0.15) is 8.42 Å². The Kier molecular flexibility index (Phi) is 4.32. The van der Waals surface area contributed by atoms with Gasteiger partial charge in [-0.15, -0.1) is 0 Å². The summed E-state index contributed by atoms with van der Waals surface area (Å²) in [4.78, 5) is -0.269. The highest BCUT2D eigenvalue weighted by molar-refractivity contribution is 14.1. The lowest BCUT2D eigenvalue weighted by Gasteiger charge is -2.08. The maximum absolute atomic E-state index is 12.9. The van der Waals surface area contributed by atoms with Crippen LogP contribution in [0.2, 0.25) is 5.02 Å². The van der Waals surface area contributed by atoms with Crippen LogP contribution < -0.4 is 4.18 Å². The summed E-state index contributed by atoms with van der Waals surface area (Å²) in [6, 6.07) is 9.54. The van der Waals surface area contributed by atoms with Crippen molar-refractivity contribution in [3.8, 4) is 5.75 Å². The molecule has 0 aliphatic carbocycles. The molecule has 0 atom stereocenters. The normalized spacial score (nSPS) is 11.3. The Morgan fingerprint density at radius 2 is 1.89 bits per heavy atom. The van der Waals surface area contributed by atoms with Gasteiger partial charge in [0.25, 0.3) is 0 Å². The summed E-state index contributed by atoms with van der Waals surface area (Å²) < 4.78 is 42.7. The van der Waals surface area contributed by atoms with E-state index in [0.717, 1.165) is 21.8 Å². The Morgan fingerprint density at radius 3 is 2.53 bits per heavy atom. The van der Waals surface area contributed by atoms with E-state index in [4.69, 9.17) is 15.8 Å². The van der Waals surface area contributed by atoms with Gasteiger partial charge in [-0.25, -0.2) is 4.39 Å². The van der Waals surface area contributed by atoms with Gasteiger partial charge in [0.2, 0.25) is 0 Å². The fourth-order valence-electron chi connectivity index (χ4n) is 1.37. The van der Waals surface area contributed by atoms with Crippen LogP contribution in [0.5, 0.6) is 5.75 Å². The van der Waals surface area contributed by atoms with E-state index in [0.29, 0.717) is 0 Å². The van der Waals surface area contributed by atoms with Gasteiger partial charge < -0.3 is 4.18 Å². The Bertz CT molecular complexity index is 719. The van der Waals surface area contributed by atoms with Gasteiger partial charge in [0, 0.05) is 3.57 Å². The summed E-state index contributed by atoms with van der Waals surface area (Å²) in [6.45, 7) is 0. The number of benzene rings is 2. The minimum Gasteiger partial charge on any atom is -0.379 e. The van der Waals surface area contributed by atoms with E-state index in [-0.39, 0.29) is 15.7 Å². The van der Waals surface area contributed by atoms with Crippen molar-refractivity contribution in [2.24, 2.45) is 0 Å². The first kappa shape index (κ1) is 14.5. The Balaban J connectivity index is 2.38. The second-order valence-corrected chi connectivity index (χ2v) is 6.74. The highest BCUT2D eigenvalue weighted by atomic mass is 127.